The summed E-state index contributed by atoms with van der Waals surface area (Å²) in [6.07, 6.45) is 15.7. The van der Waals surface area contributed by atoms with Gasteiger partial charge in [-0.3, -0.25) is 0 Å². The summed E-state index contributed by atoms with van der Waals surface area (Å²) in [6.45, 7) is 16.3. The first-order valence-electron chi connectivity index (χ1n) is 8.33. The molecule has 4 heteroatoms. The Bertz CT molecular complexity index is 73.3. The maximum atomic E-state index is 3.72. The van der Waals surface area contributed by atoms with Crippen LogP contribution in [0.2, 0.25) is 0 Å². The van der Waals surface area contributed by atoms with Gasteiger partial charge in [0.1, 0.15) is 0 Å². The second-order valence-electron chi connectivity index (χ2n) is 4.83. The van der Waals surface area contributed by atoms with Gasteiger partial charge in [0.15, 0.2) is 0 Å². The maximum Gasteiger partial charge on any atom is 0 e. The van der Waals surface area contributed by atoms with E-state index in [1.807, 2.05) is 0 Å². The van der Waals surface area contributed by atoms with Crippen LogP contribution in [0.1, 0.15) is 105 Å². The van der Waals surface area contributed by atoms with E-state index in [4.69, 9.17) is 0 Å². The topological polar surface area (TPSA) is 102 Å². The third-order valence-electron chi connectivity index (χ3n) is 2.66. The van der Waals surface area contributed by atoms with Crippen molar-refractivity contribution in [2.45, 2.75) is 105 Å². The van der Waals surface area contributed by atoms with Crippen LogP contribution in [0.25, 0.3) is 12.3 Å². The number of rotatable bonds is 9. The summed E-state index contributed by atoms with van der Waals surface area (Å²) in [6, 6.07) is 0. The second-order valence-corrected chi connectivity index (χ2v) is 4.83. The van der Waals surface area contributed by atoms with Crippen LogP contribution in [0.4, 0.5) is 0 Å². The van der Waals surface area contributed by atoms with Gasteiger partial charge in [-0.05, 0) is 0 Å². The number of hydrogen-bond donors (Lipinski definition) is 1. The van der Waals surface area contributed by atoms with Crippen LogP contribution in [0.15, 0.2) is 0 Å². The van der Waals surface area contributed by atoms with Crippen molar-refractivity contribution in [3.05, 3.63) is 26.1 Å². The van der Waals surface area contributed by atoms with Gasteiger partial charge in [0.2, 0.25) is 0 Å². The Morgan fingerprint density at radius 3 is 0.773 bits per heavy atom. The zero-order valence-electron chi connectivity index (χ0n) is 16.1. The predicted molar refractivity (Wildman–Crippen MR) is 104 cm³/mol. The average molecular weight is 498 g/mol. The fraction of sp³-hybridized carbons (Fsp3) is 0.889. The van der Waals surface area contributed by atoms with Crippen molar-refractivity contribution >= 4 is 0 Å². The van der Waals surface area contributed by atoms with E-state index in [0.29, 0.717) is 0 Å². The maximum absolute atomic E-state index is 3.72. The molecule has 0 atom stereocenters. The molecule has 0 aliphatic carbocycles. The summed E-state index contributed by atoms with van der Waals surface area (Å²) in [7, 11) is 0. The third kappa shape index (κ3) is 86.2. The van der Waals surface area contributed by atoms with Crippen molar-refractivity contribution in [3.8, 4) is 0 Å². The van der Waals surface area contributed by atoms with Crippen LogP contribution < -0.4 is 6.15 Å². The van der Waals surface area contributed by atoms with Crippen LogP contribution in [-0.2, 0) is 20.1 Å². The molecule has 0 heterocycles. The molecule has 7 N–H and O–H groups in total. The minimum absolute atomic E-state index is 0. The Kier molecular flexibility index (Phi) is 114. The standard InChI is InChI=1S/C6H14.2C6H13.Ir.H3N.2H2N/c3*1-3-5-6-4-2;;;;/h3-6H2,1-2H3;2*1,3-6H2,2H3;;1H3;2*1H2/q;2*-1;;;2*-1. The van der Waals surface area contributed by atoms with E-state index in [1.165, 1.54) is 64.2 Å². The molecule has 0 saturated heterocycles. The summed E-state index contributed by atoms with van der Waals surface area (Å²) in [5, 5.41) is 0. The number of nitrogens with two attached hydrogens (primary N) is 2. The zero-order chi connectivity index (χ0) is 14.5. The van der Waals surface area contributed by atoms with Crippen LogP contribution in [0.5, 0.6) is 0 Å². The molecule has 0 rings (SSSR count). The average Bonchev–Trinajstić information content (AvgIpc) is 2.42. The van der Waals surface area contributed by atoms with E-state index in [2.05, 4.69) is 41.5 Å². The molecule has 0 bridgehead atoms. The number of unbranched alkanes of at least 4 members (excludes halogenated alkanes) is 9. The van der Waals surface area contributed by atoms with Crippen molar-refractivity contribution in [1.29, 1.82) is 0 Å². The Balaban J connectivity index is -0.0000000281. The Hall–Kier alpha value is 0.529. The smallest absolute Gasteiger partial charge is 0 e. The first-order valence-corrected chi connectivity index (χ1v) is 8.33. The summed E-state index contributed by atoms with van der Waals surface area (Å²) in [4.78, 5) is 0. The van der Waals surface area contributed by atoms with Gasteiger partial charge in [-0.1, -0.05) is 91.9 Å². The summed E-state index contributed by atoms with van der Waals surface area (Å²) in [5.74, 6) is 0. The van der Waals surface area contributed by atoms with Gasteiger partial charge >= 0.3 is 0 Å². The molecule has 0 aromatic carbocycles. The predicted octanol–water partition coefficient (Wildman–Crippen LogP) is 8.98. The largest absolute Gasteiger partial charge is 0.693 e. The Labute approximate surface area is 157 Å². The minimum Gasteiger partial charge on any atom is -0.693 e. The molecule has 147 valence electrons. The van der Waals surface area contributed by atoms with Gasteiger partial charge in [0.25, 0.3) is 0 Å². The van der Waals surface area contributed by atoms with E-state index >= 15 is 0 Å². The van der Waals surface area contributed by atoms with Crippen LogP contribution in [-0.4, -0.2) is 0 Å². The molecule has 0 amide bonds. The summed E-state index contributed by atoms with van der Waals surface area (Å²) < 4.78 is 0. The molecule has 22 heavy (non-hydrogen) atoms. The summed E-state index contributed by atoms with van der Waals surface area (Å²) in [5.41, 5.74) is 0. The van der Waals surface area contributed by atoms with Crippen molar-refractivity contribution in [2.75, 3.05) is 0 Å². The number of hydrogen-bond acceptors (Lipinski definition) is 1. The normalized spacial score (nSPS) is 7.36. The Morgan fingerprint density at radius 1 is 0.500 bits per heavy atom. The fourth-order valence-electron chi connectivity index (χ4n) is 1.35. The molecule has 3 nitrogen and oxygen atoms in total. The van der Waals surface area contributed by atoms with E-state index in [9.17, 15) is 0 Å². The first kappa shape index (κ1) is 43.3. The van der Waals surface area contributed by atoms with Crippen molar-refractivity contribution in [2.24, 2.45) is 0 Å². The monoisotopic (exact) mass is 498 g/mol. The third-order valence-corrected chi connectivity index (χ3v) is 2.66. The first-order chi connectivity index (χ1) is 8.74. The van der Waals surface area contributed by atoms with Crippen LogP contribution in [0, 0.1) is 13.8 Å². The van der Waals surface area contributed by atoms with Crippen molar-refractivity contribution in [1.82, 2.24) is 6.15 Å². The molecule has 0 spiro atoms. The molecule has 1 radical (unpaired) electrons. The van der Waals surface area contributed by atoms with Gasteiger partial charge in [0.05, 0.1) is 0 Å². The SMILES string of the molecule is CCCCCC.N.[CH2-]CCCCC.[CH2-]CCCCC.[Ir].[NH2-].[NH2-]. The molecular weight excluding hydrogens is 450 g/mol. The Morgan fingerprint density at radius 2 is 0.682 bits per heavy atom. The molecule has 0 aromatic heterocycles. The van der Waals surface area contributed by atoms with Gasteiger partial charge < -0.3 is 32.3 Å². The van der Waals surface area contributed by atoms with Crippen molar-refractivity contribution < 1.29 is 20.1 Å². The fourth-order valence-corrected chi connectivity index (χ4v) is 1.35. The molecule has 0 aliphatic heterocycles. The van der Waals surface area contributed by atoms with E-state index in [-0.39, 0.29) is 38.6 Å². The molecular formula is C18H47IrN3-4. The van der Waals surface area contributed by atoms with E-state index in [1.54, 1.807) is 0 Å². The zero-order valence-corrected chi connectivity index (χ0v) is 18.5. The van der Waals surface area contributed by atoms with Gasteiger partial charge in [-0.25, -0.2) is 0 Å². The molecule has 0 unspecified atom stereocenters. The molecule has 0 fully saturated rings. The molecule has 0 aliphatic rings. The van der Waals surface area contributed by atoms with Gasteiger partial charge in [-0.2, -0.15) is 12.8 Å². The minimum atomic E-state index is 0. The van der Waals surface area contributed by atoms with Crippen LogP contribution >= 0.6 is 0 Å². The second kappa shape index (κ2) is 57.8. The molecule has 0 aromatic rings. The van der Waals surface area contributed by atoms with E-state index < -0.39 is 0 Å². The quantitative estimate of drug-likeness (QED) is 0.249. The summed E-state index contributed by atoms with van der Waals surface area (Å²) >= 11 is 0. The van der Waals surface area contributed by atoms with Crippen LogP contribution in [0.3, 0.4) is 0 Å². The van der Waals surface area contributed by atoms with Crippen molar-refractivity contribution in [3.63, 3.8) is 0 Å². The van der Waals surface area contributed by atoms with Gasteiger partial charge in [-0.15, -0.1) is 0 Å². The van der Waals surface area contributed by atoms with E-state index in [0.717, 1.165) is 12.8 Å². The molecule has 0 saturated carbocycles. The van der Waals surface area contributed by atoms with Gasteiger partial charge in [0, 0.05) is 20.1 Å².